The van der Waals surface area contributed by atoms with Crippen molar-refractivity contribution in [3.05, 3.63) is 89.7 Å². The summed E-state index contributed by atoms with van der Waals surface area (Å²) in [7, 11) is 0. The lowest BCUT2D eigenvalue weighted by Gasteiger charge is -2.23. The molecular formula is C28H36N2O3. The summed E-state index contributed by atoms with van der Waals surface area (Å²) in [5, 5.41) is 17.4. The minimum atomic E-state index is -0.499. The van der Waals surface area contributed by atoms with Crippen molar-refractivity contribution in [1.29, 1.82) is 0 Å². The number of rotatable bonds is 10. The van der Waals surface area contributed by atoms with Gasteiger partial charge in [0, 0.05) is 29.2 Å². The van der Waals surface area contributed by atoms with Crippen LogP contribution in [0.3, 0.4) is 0 Å². The predicted octanol–water partition coefficient (Wildman–Crippen LogP) is 6.93. The Hall–Kier alpha value is -3.47. The van der Waals surface area contributed by atoms with Crippen LogP contribution in [0.2, 0.25) is 0 Å². The minimum absolute atomic E-state index is 0.00788. The lowest BCUT2D eigenvalue weighted by atomic mass is 9.84. The fourth-order valence-corrected chi connectivity index (χ4v) is 3.18. The number of aromatic hydroxyl groups is 1. The summed E-state index contributed by atoms with van der Waals surface area (Å²) in [6, 6.07) is 11.5. The molecule has 5 heteroatoms. The molecule has 3 N–H and O–H groups in total. The number of ether oxygens (including phenoxy) is 1. The first-order valence-corrected chi connectivity index (χ1v) is 11.3. The standard InChI is InChI=1S/C28H36N2O3/c1-7-9-10-11-20(3)30-23-14-12-22(13-15-23)29-19-21-17-24(27(32)33-16-8-2)26(31)25(18-21)28(4,5)6/h7,9-15,17-18,29-31H,3,8,16,19H2,1-2,4-6H3/b9-7-,11-10-. The SMILES string of the molecule is C=C(/C=C\C=C/C)Nc1ccc(NCc2cc(C(=O)OCCC)c(O)c(C(C)(C)C)c2)cc1. The highest BCUT2D eigenvalue weighted by atomic mass is 16.5. The van der Waals surface area contributed by atoms with Gasteiger partial charge in [-0.1, -0.05) is 52.5 Å². The third-order valence-electron chi connectivity index (χ3n) is 4.92. The molecule has 0 heterocycles. The molecule has 0 unspecified atom stereocenters. The third-order valence-corrected chi connectivity index (χ3v) is 4.92. The number of hydrogen-bond donors (Lipinski definition) is 3. The molecule has 0 bridgehead atoms. The van der Waals surface area contributed by atoms with Crippen LogP contribution < -0.4 is 10.6 Å². The van der Waals surface area contributed by atoms with Crippen LogP contribution in [0.1, 0.15) is 62.5 Å². The molecule has 0 saturated heterocycles. The van der Waals surface area contributed by atoms with Gasteiger partial charge in [-0.3, -0.25) is 0 Å². The van der Waals surface area contributed by atoms with Gasteiger partial charge in [-0.2, -0.15) is 0 Å². The largest absolute Gasteiger partial charge is 0.507 e. The van der Waals surface area contributed by atoms with Crippen molar-refractivity contribution in [2.45, 2.75) is 53.0 Å². The molecule has 0 radical (unpaired) electrons. The van der Waals surface area contributed by atoms with Gasteiger partial charge in [-0.15, -0.1) is 0 Å². The monoisotopic (exact) mass is 448 g/mol. The van der Waals surface area contributed by atoms with E-state index in [4.69, 9.17) is 4.74 Å². The van der Waals surface area contributed by atoms with Crippen molar-refractivity contribution in [3.63, 3.8) is 0 Å². The Kier molecular flexibility index (Phi) is 9.34. The van der Waals surface area contributed by atoms with E-state index in [0.29, 0.717) is 18.7 Å². The minimum Gasteiger partial charge on any atom is -0.507 e. The van der Waals surface area contributed by atoms with E-state index >= 15 is 0 Å². The van der Waals surface area contributed by atoms with Crippen LogP contribution in [0.5, 0.6) is 5.75 Å². The van der Waals surface area contributed by atoms with E-state index in [1.54, 1.807) is 6.07 Å². The van der Waals surface area contributed by atoms with Gasteiger partial charge in [0.05, 0.1) is 6.61 Å². The number of hydrogen-bond acceptors (Lipinski definition) is 5. The van der Waals surface area contributed by atoms with E-state index in [9.17, 15) is 9.90 Å². The van der Waals surface area contributed by atoms with Crippen molar-refractivity contribution >= 4 is 17.3 Å². The molecule has 5 nitrogen and oxygen atoms in total. The van der Waals surface area contributed by atoms with Gasteiger partial charge in [-0.25, -0.2) is 4.79 Å². The van der Waals surface area contributed by atoms with E-state index < -0.39 is 5.97 Å². The van der Waals surface area contributed by atoms with E-state index in [-0.39, 0.29) is 16.7 Å². The van der Waals surface area contributed by atoms with Crippen molar-refractivity contribution < 1.29 is 14.6 Å². The van der Waals surface area contributed by atoms with Crippen LogP contribution in [0.25, 0.3) is 0 Å². The maximum atomic E-state index is 12.5. The average Bonchev–Trinajstić information content (AvgIpc) is 2.77. The summed E-state index contributed by atoms with van der Waals surface area (Å²) < 4.78 is 5.28. The van der Waals surface area contributed by atoms with Crippen molar-refractivity contribution in [1.82, 2.24) is 0 Å². The van der Waals surface area contributed by atoms with Crippen LogP contribution in [-0.4, -0.2) is 17.7 Å². The van der Waals surface area contributed by atoms with E-state index in [1.165, 1.54) is 0 Å². The molecular weight excluding hydrogens is 412 g/mol. The Bertz CT molecular complexity index is 1010. The number of allylic oxidation sites excluding steroid dienone is 4. The Balaban J connectivity index is 2.15. The quantitative estimate of drug-likeness (QED) is 0.272. The summed E-state index contributed by atoms with van der Waals surface area (Å²) in [4.78, 5) is 12.5. The molecule has 2 rings (SSSR count). The van der Waals surface area contributed by atoms with Crippen molar-refractivity contribution in [2.24, 2.45) is 0 Å². The zero-order valence-corrected chi connectivity index (χ0v) is 20.4. The second-order valence-corrected chi connectivity index (χ2v) is 8.89. The van der Waals surface area contributed by atoms with E-state index in [0.717, 1.165) is 29.1 Å². The third kappa shape index (κ3) is 7.86. The number of nitrogens with one attached hydrogen (secondary N) is 2. The highest BCUT2D eigenvalue weighted by Crippen LogP contribution is 2.35. The Morgan fingerprint density at radius 1 is 1.12 bits per heavy atom. The molecule has 0 aliphatic carbocycles. The van der Waals surface area contributed by atoms with Crippen LogP contribution in [-0.2, 0) is 16.7 Å². The fraction of sp³-hybridized carbons (Fsp3) is 0.321. The number of esters is 1. The first-order chi connectivity index (χ1) is 15.7. The summed E-state index contributed by atoms with van der Waals surface area (Å²) in [6.07, 6.45) is 8.47. The van der Waals surface area contributed by atoms with Gasteiger partial charge >= 0.3 is 5.97 Å². The molecule has 0 spiro atoms. The highest BCUT2D eigenvalue weighted by molar-refractivity contribution is 5.93. The number of carbonyl (C=O) groups is 1. The molecule has 176 valence electrons. The molecule has 2 aromatic rings. The average molecular weight is 449 g/mol. The summed E-state index contributed by atoms with van der Waals surface area (Å²) in [6.45, 7) is 14.7. The lowest BCUT2D eigenvalue weighted by Crippen LogP contribution is -2.16. The van der Waals surface area contributed by atoms with E-state index in [2.05, 4.69) is 17.2 Å². The second kappa shape index (κ2) is 12.0. The fourth-order valence-electron chi connectivity index (χ4n) is 3.18. The smallest absolute Gasteiger partial charge is 0.341 e. The molecule has 0 amide bonds. The zero-order valence-electron chi connectivity index (χ0n) is 20.4. The summed E-state index contributed by atoms with van der Waals surface area (Å²) in [5.74, 6) is -0.507. The summed E-state index contributed by atoms with van der Waals surface area (Å²) in [5.41, 5.74) is 4.18. The Morgan fingerprint density at radius 3 is 2.39 bits per heavy atom. The molecule has 0 aliphatic rings. The topological polar surface area (TPSA) is 70.6 Å². The molecule has 0 aliphatic heterocycles. The van der Waals surface area contributed by atoms with Crippen molar-refractivity contribution in [2.75, 3.05) is 17.2 Å². The van der Waals surface area contributed by atoms with Gasteiger partial charge in [0.2, 0.25) is 0 Å². The maximum Gasteiger partial charge on any atom is 0.341 e. The molecule has 0 atom stereocenters. The summed E-state index contributed by atoms with van der Waals surface area (Å²) >= 11 is 0. The predicted molar refractivity (Wildman–Crippen MR) is 138 cm³/mol. The second-order valence-electron chi connectivity index (χ2n) is 8.89. The Labute approximate surface area is 197 Å². The molecule has 0 aromatic heterocycles. The van der Waals surface area contributed by atoms with E-state index in [1.807, 2.05) is 89.3 Å². The van der Waals surface area contributed by atoms with Crippen molar-refractivity contribution in [3.8, 4) is 5.75 Å². The Morgan fingerprint density at radius 2 is 1.79 bits per heavy atom. The van der Waals surface area contributed by atoms with Crippen LogP contribution in [0.4, 0.5) is 11.4 Å². The lowest BCUT2D eigenvalue weighted by molar-refractivity contribution is 0.0501. The van der Waals surface area contributed by atoms with Gasteiger partial charge in [0.15, 0.2) is 0 Å². The molecule has 0 fully saturated rings. The maximum absolute atomic E-state index is 12.5. The normalized spacial score (nSPS) is 11.7. The van der Waals surface area contributed by atoms with Gasteiger partial charge < -0.3 is 20.5 Å². The number of anilines is 2. The zero-order chi connectivity index (χ0) is 24.4. The molecule has 0 saturated carbocycles. The molecule has 33 heavy (non-hydrogen) atoms. The number of phenolic OH excluding ortho intramolecular Hbond substituents is 1. The van der Waals surface area contributed by atoms with Crippen LogP contribution in [0.15, 0.2) is 73.0 Å². The molecule has 2 aromatic carbocycles. The first-order valence-electron chi connectivity index (χ1n) is 11.3. The number of benzene rings is 2. The first kappa shape index (κ1) is 25.8. The van der Waals surface area contributed by atoms with Gasteiger partial charge in [0.1, 0.15) is 11.3 Å². The number of carbonyl (C=O) groups excluding carboxylic acids is 1. The number of phenols is 1. The van der Waals surface area contributed by atoms with Gasteiger partial charge in [0.25, 0.3) is 0 Å². The van der Waals surface area contributed by atoms with Crippen LogP contribution >= 0.6 is 0 Å². The van der Waals surface area contributed by atoms with Crippen LogP contribution in [0, 0.1) is 0 Å². The van der Waals surface area contributed by atoms with Gasteiger partial charge in [-0.05, 0) is 66.8 Å². The highest BCUT2D eigenvalue weighted by Gasteiger charge is 2.24.